The molecule has 2 aliphatic rings. The molecule has 140 valence electrons. The van der Waals surface area contributed by atoms with Gasteiger partial charge in [0.05, 0.1) is 18.7 Å². The van der Waals surface area contributed by atoms with Gasteiger partial charge >= 0.3 is 0 Å². The van der Waals surface area contributed by atoms with Crippen LogP contribution in [0.1, 0.15) is 30.1 Å². The summed E-state index contributed by atoms with van der Waals surface area (Å²) in [6, 6.07) is 3.73. The number of morpholine rings is 1. The number of benzene rings is 1. The summed E-state index contributed by atoms with van der Waals surface area (Å²) < 4.78 is 24.5. The third-order valence-electron chi connectivity index (χ3n) is 4.80. The maximum Gasteiger partial charge on any atom is 0.238 e. The largest absolute Gasteiger partial charge is 0.490 e. The van der Waals surface area contributed by atoms with E-state index >= 15 is 0 Å². The van der Waals surface area contributed by atoms with E-state index in [1.54, 1.807) is 4.90 Å². The van der Waals surface area contributed by atoms with E-state index in [1.165, 1.54) is 19.1 Å². The zero-order valence-electron chi connectivity index (χ0n) is 14.5. The van der Waals surface area contributed by atoms with Crippen molar-refractivity contribution in [3.8, 4) is 5.75 Å². The van der Waals surface area contributed by atoms with Crippen LogP contribution in [0.4, 0.5) is 4.39 Å². The van der Waals surface area contributed by atoms with Gasteiger partial charge in [0.15, 0.2) is 5.78 Å². The minimum absolute atomic E-state index is 0.0965. The summed E-state index contributed by atoms with van der Waals surface area (Å²) in [4.78, 5) is 37.3. The Bertz CT molecular complexity index is 747. The minimum Gasteiger partial charge on any atom is -0.490 e. The molecule has 1 aliphatic heterocycles. The third kappa shape index (κ3) is 3.55. The van der Waals surface area contributed by atoms with E-state index in [-0.39, 0.29) is 36.2 Å². The lowest BCUT2D eigenvalue weighted by Crippen LogP contribution is -2.52. The summed E-state index contributed by atoms with van der Waals surface area (Å²) in [7, 11) is 0. The van der Waals surface area contributed by atoms with Crippen molar-refractivity contribution in [3.63, 3.8) is 0 Å². The van der Waals surface area contributed by atoms with Gasteiger partial charge in [0.2, 0.25) is 11.8 Å². The number of carbonyl (C=O) groups is 3. The van der Waals surface area contributed by atoms with Gasteiger partial charge in [0.25, 0.3) is 0 Å². The van der Waals surface area contributed by atoms with Gasteiger partial charge < -0.3 is 20.1 Å². The van der Waals surface area contributed by atoms with E-state index in [4.69, 9.17) is 15.2 Å². The number of hydrogen-bond acceptors (Lipinski definition) is 5. The van der Waals surface area contributed by atoms with E-state index in [2.05, 4.69) is 0 Å². The number of rotatable bonds is 6. The zero-order chi connectivity index (χ0) is 18.9. The molecule has 0 aromatic heterocycles. The van der Waals surface area contributed by atoms with Crippen LogP contribution in [0.25, 0.3) is 0 Å². The third-order valence-corrected chi connectivity index (χ3v) is 4.80. The second-order valence-corrected chi connectivity index (χ2v) is 6.70. The molecule has 2 N–H and O–H groups in total. The van der Waals surface area contributed by atoms with Gasteiger partial charge in [-0.2, -0.15) is 0 Å². The van der Waals surface area contributed by atoms with Gasteiger partial charge in [-0.05, 0) is 38.0 Å². The number of ketones is 1. The topological polar surface area (TPSA) is 98.9 Å². The Labute approximate surface area is 150 Å². The van der Waals surface area contributed by atoms with E-state index in [1.807, 2.05) is 0 Å². The fourth-order valence-corrected chi connectivity index (χ4v) is 3.08. The molecule has 3 rings (SSSR count). The van der Waals surface area contributed by atoms with Crippen molar-refractivity contribution < 1.29 is 28.2 Å². The van der Waals surface area contributed by atoms with Crippen molar-refractivity contribution in [2.75, 3.05) is 26.3 Å². The monoisotopic (exact) mass is 364 g/mol. The number of ether oxygens (including phenoxy) is 2. The van der Waals surface area contributed by atoms with Crippen LogP contribution in [0, 0.1) is 11.2 Å². The van der Waals surface area contributed by atoms with E-state index < -0.39 is 23.2 Å². The maximum absolute atomic E-state index is 13.3. The molecule has 2 fully saturated rings. The quantitative estimate of drug-likeness (QED) is 0.597. The smallest absolute Gasteiger partial charge is 0.238 e. The van der Waals surface area contributed by atoms with Crippen LogP contribution in [0.3, 0.4) is 0 Å². The van der Waals surface area contributed by atoms with E-state index in [0.29, 0.717) is 26.0 Å². The number of halogens is 1. The average Bonchev–Trinajstić information content (AvgIpc) is 3.42. The number of nitrogens with zero attached hydrogens (tertiary/aromatic N) is 1. The normalized spacial score (nSPS) is 21.2. The molecule has 1 heterocycles. The summed E-state index contributed by atoms with van der Waals surface area (Å²) in [5.74, 6) is -1.40. The maximum atomic E-state index is 13.3. The summed E-state index contributed by atoms with van der Waals surface area (Å²) >= 11 is 0. The van der Waals surface area contributed by atoms with Gasteiger partial charge in [0, 0.05) is 6.54 Å². The molecule has 7 nitrogen and oxygen atoms in total. The first-order valence-corrected chi connectivity index (χ1v) is 8.47. The van der Waals surface area contributed by atoms with E-state index in [9.17, 15) is 18.8 Å². The van der Waals surface area contributed by atoms with Gasteiger partial charge in [-0.3, -0.25) is 14.4 Å². The molecule has 0 radical (unpaired) electrons. The summed E-state index contributed by atoms with van der Waals surface area (Å²) in [6.45, 7) is 2.40. The molecule has 0 bridgehead atoms. The predicted octanol–water partition coefficient (Wildman–Crippen LogP) is 0.900. The second kappa shape index (κ2) is 7.03. The first-order valence-electron chi connectivity index (χ1n) is 8.47. The number of amides is 2. The number of nitrogens with two attached hydrogens (primary N) is 1. The lowest BCUT2D eigenvalue weighted by atomic mass is 10.0. The molecular weight excluding hydrogens is 343 g/mol. The molecule has 1 saturated heterocycles. The Morgan fingerprint density at radius 2 is 2.12 bits per heavy atom. The standard InChI is InChI=1S/C18H21FN2O5/c1-11(22)14-8-12(19)2-3-15(14)26-10-13-9-21(6-7-25-13)17(24)18(4-5-18)16(20)23/h2-3,8,13H,4-7,9-10H2,1H3,(H2,20,23). The Kier molecular flexibility index (Phi) is 4.95. The highest BCUT2D eigenvalue weighted by Crippen LogP contribution is 2.47. The number of carbonyl (C=O) groups excluding carboxylic acids is 3. The lowest BCUT2D eigenvalue weighted by Gasteiger charge is -2.34. The average molecular weight is 364 g/mol. The molecule has 1 unspecified atom stereocenters. The van der Waals surface area contributed by atoms with Crippen LogP contribution in [-0.2, 0) is 14.3 Å². The molecule has 8 heteroatoms. The highest BCUT2D eigenvalue weighted by atomic mass is 19.1. The molecule has 1 atom stereocenters. The first-order chi connectivity index (χ1) is 12.3. The highest BCUT2D eigenvalue weighted by Gasteiger charge is 2.57. The summed E-state index contributed by atoms with van der Waals surface area (Å²) in [5.41, 5.74) is 4.46. The van der Waals surface area contributed by atoms with Crippen molar-refractivity contribution >= 4 is 17.6 Å². The molecular formula is C18H21FN2O5. The van der Waals surface area contributed by atoms with Crippen LogP contribution in [0.5, 0.6) is 5.75 Å². The molecule has 1 aromatic carbocycles. The highest BCUT2D eigenvalue weighted by molar-refractivity contribution is 6.07. The van der Waals surface area contributed by atoms with Gasteiger partial charge in [-0.15, -0.1) is 0 Å². The van der Waals surface area contributed by atoms with Crippen molar-refractivity contribution in [2.24, 2.45) is 11.1 Å². The first kappa shape index (κ1) is 18.3. The predicted molar refractivity (Wildman–Crippen MR) is 89.1 cm³/mol. The van der Waals surface area contributed by atoms with Crippen LogP contribution in [0.15, 0.2) is 18.2 Å². The molecule has 1 saturated carbocycles. The van der Waals surface area contributed by atoms with Crippen LogP contribution in [0.2, 0.25) is 0 Å². The van der Waals surface area contributed by atoms with E-state index in [0.717, 1.165) is 6.07 Å². The molecule has 1 aromatic rings. The Balaban J connectivity index is 1.62. The number of Topliss-reactive ketones (excluding diaryl/α,β-unsaturated/α-hetero) is 1. The minimum atomic E-state index is -1.05. The van der Waals surface area contributed by atoms with Crippen LogP contribution < -0.4 is 10.5 Å². The van der Waals surface area contributed by atoms with Crippen molar-refractivity contribution in [1.29, 1.82) is 0 Å². The van der Waals surface area contributed by atoms with Crippen molar-refractivity contribution in [3.05, 3.63) is 29.6 Å². The Hall–Kier alpha value is -2.48. The van der Waals surface area contributed by atoms with Gasteiger partial charge in [0.1, 0.15) is 29.7 Å². The fourth-order valence-electron chi connectivity index (χ4n) is 3.08. The van der Waals surface area contributed by atoms with Crippen molar-refractivity contribution in [2.45, 2.75) is 25.9 Å². The Morgan fingerprint density at radius 3 is 2.73 bits per heavy atom. The summed E-state index contributed by atoms with van der Waals surface area (Å²) in [5, 5.41) is 0. The summed E-state index contributed by atoms with van der Waals surface area (Å²) in [6.07, 6.45) is 0.551. The fraction of sp³-hybridized carbons (Fsp3) is 0.500. The molecule has 1 aliphatic carbocycles. The van der Waals surface area contributed by atoms with Gasteiger partial charge in [-0.25, -0.2) is 4.39 Å². The number of primary amides is 1. The molecule has 26 heavy (non-hydrogen) atoms. The number of hydrogen-bond donors (Lipinski definition) is 1. The van der Waals surface area contributed by atoms with Gasteiger partial charge in [-0.1, -0.05) is 0 Å². The lowest BCUT2D eigenvalue weighted by molar-refractivity contribution is -0.149. The molecule has 0 spiro atoms. The zero-order valence-corrected chi connectivity index (χ0v) is 14.5. The van der Waals surface area contributed by atoms with Crippen LogP contribution >= 0.6 is 0 Å². The Morgan fingerprint density at radius 1 is 1.38 bits per heavy atom. The molecule has 2 amide bonds. The van der Waals surface area contributed by atoms with Crippen LogP contribution in [-0.4, -0.2) is 54.9 Å². The SMILES string of the molecule is CC(=O)c1cc(F)ccc1OCC1CN(C(=O)C2(C(N)=O)CC2)CCO1. The van der Waals surface area contributed by atoms with Crippen molar-refractivity contribution in [1.82, 2.24) is 4.90 Å². The second-order valence-electron chi connectivity index (χ2n) is 6.70.